The van der Waals surface area contributed by atoms with Crippen LogP contribution in [0.25, 0.3) is 0 Å². The Kier molecular flexibility index (Phi) is 9.97. The van der Waals surface area contributed by atoms with Gasteiger partial charge in [0.1, 0.15) is 23.7 Å². The number of carbonyl (C=O) groups excluding carboxylic acids is 5. The molecule has 5 amide bonds. The number of hydrogen-bond donors (Lipinski definition) is 4. The van der Waals surface area contributed by atoms with Crippen LogP contribution in [-0.4, -0.2) is 102 Å². The molecule has 304 valence electrons. The highest BCUT2D eigenvalue weighted by molar-refractivity contribution is 7.91. The van der Waals surface area contributed by atoms with Gasteiger partial charge in [0.25, 0.3) is 5.91 Å². The molecule has 4 aliphatic carbocycles. The van der Waals surface area contributed by atoms with Gasteiger partial charge in [0, 0.05) is 24.5 Å². The molecular weight excluding hydrogens is 709 g/mol. The Morgan fingerprint density at radius 1 is 0.815 bits per heavy atom. The third-order valence-electron chi connectivity index (χ3n) is 14.8. The van der Waals surface area contributed by atoms with E-state index in [0.29, 0.717) is 45.1 Å². The Morgan fingerprint density at radius 2 is 1.43 bits per heavy atom. The third kappa shape index (κ3) is 6.46. The van der Waals surface area contributed by atoms with Crippen molar-refractivity contribution in [3.63, 3.8) is 0 Å². The molecule has 0 bridgehead atoms. The lowest BCUT2D eigenvalue weighted by molar-refractivity contribution is -0.146. The molecule has 6 aliphatic rings. The first-order valence-electron chi connectivity index (χ1n) is 20.4. The molecule has 2 heterocycles. The smallest absolute Gasteiger partial charge is 0.259 e. The van der Waals surface area contributed by atoms with E-state index in [-0.39, 0.29) is 46.1 Å². The van der Waals surface area contributed by atoms with E-state index in [4.69, 9.17) is 0 Å². The molecule has 13 nitrogen and oxygen atoms in total. The summed E-state index contributed by atoms with van der Waals surface area (Å²) in [6, 6.07) is -3.00. The van der Waals surface area contributed by atoms with Crippen LogP contribution >= 0.6 is 0 Å². The molecule has 2 aliphatic heterocycles. The Morgan fingerprint density at radius 3 is 1.85 bits per heavy atom. The molecule has 4 saturated carbocycles. The van der Waals surface area contributed by atoms with Gasteiger partial charge in [0.15, 0.2) is 0 Å². The minimum Gasteiger partial charge on any atom is -0.342 e. The summed E-state index contributed by atoms with van der Waals surface area (Å²) in [5, 5.41) is 8.47. The molecule has 0 radical (unpaired) electrons. The fraction of sp³-hybridized carbons (Fsp3) is 0.875. The zero-order valence-corrected chi connectivity index (χ0v) is 35.3. The Labute approximate surface area is 322 Å². The number of carbonyl (C=O) groups is 5. The molecule has 7 atom stereocenters. The quantitative estimate of drug-likeness (QED) is 0.234. The molecule has 54 heavy (non-hydrogen) atoms. The number of amides is 5. The van der Waals surface area contributed by atoms with E-state index in [1.54, 1.807) is 4.90 Å². The number of likely N-dealkylation sites (tertiary alicyclic amines) is 2. The second kappa shape index (κ2) is 13.2. The van der Waals surface area contributed by atoms with Crippen molar-refractivity contribution >= 4 is 39.6 Å². The SMILES string of the molecule is CC[C@@H]1C[C@]1(NC(=O)[C@@H]1C[C@@]2(CN1C(=O)[C@@H](NC(=O)[C@@H](NC(=O)[C@H]1CCN1C(C)C)C(C)(C)C)C(C)(C)C)C(C)(C)C21CCC1)C(=O)NS(=O)(=O)C1CC1. The zero-order chi connectivity index (χ0) is 40.2. The second-order valence-electron chi connectivity index (χ2n) is 20.5. The predicted octanol–water partition coefficient (Wildman–Crippen LogP) is 3.22. The number of rotatable bonds is 12. The van der Waals surface area contributed by atoms with Crippen LogP contribution < -0.4 is 20.7 Å². The number of nitrogens with one attached hydrogen (secondary N) is 4. The van der Waals surface area contributed by atoms with Crippen LogP contribution in [0, 0.1) is 33.0 Å². The van der Waals surface area contributed by atoms with Crippen molar-refractivity contribution in [3.05, 3.63) is 0 Å². The summed E-state index contributed by atoms with van der Waals surface area (Å²) in [7, 11) is -3.83. The van der Waals surface area contributed by atoms with Crippen LogP contribution in [0.4, 0.5) is 0 Å². The highest BCUT2D eigenvalue weighted by atomic mass is 32.2. The largest absolute Gasteiger partial charge is 0.342 e. The Hall–Kier alpha value is -2.74. The summed E-state index contributed by atoms with van der Waals surface area (Å²) in [5.74, 6) is -2.47. The standard InChI is InChI=1S/C40H66N6O7S/c1-12-24-20-40(24,34(51)44-54(52,53)25-14-15-25)43-31(48)27-21-39(37(10,11)38(39)17-13-18-38)22-46(27)33(50)29(36(7,8)9)42-32(49)28(35(4,5)6)41-30(47)26-16-19-45(26)23(2)3/h23-29H,12-22H2,1-11H3,(H,41,47)(H,42,49)(H,43,48)(H,44,51)/t24-,26-,27+,28-,29-,39-,40-/m1/s1. The molecular formula is C40H66N6O7S. The lowest BCUT2D eigenvalue weighted by atomic mass is 9.73. The maximum atomic E-state index is 15.0. The third-order valence-corrected chi connectivity index (χ3v) is 16.6. The van der Waals surface area contributed by atoms with Gasteiger partial charge in [-0.15, -0.1) is 0 Å². The summed E-state index contributed by atoms with van der Waals surface area (Å²) in [6.07, 6.45) is 6.15. The summed E-state index contributed by atoms with van der Waals surface area (Å²) in [6.45, 7) is 22.9. The van der Waals surface area contributed by atoms with Crippen molar-refractivity contribution in [3.8, 4) is 0 Å². The average Bonchev–Trinajstić information content (AvgIpc) is 3.93. The van der Waals surface area contributed by atoms with Gasteiger partial charge < -0.3 is 20.9 Å². The summed E-state index contributed by atoms with van der Waals surface area (Å²) < 4.78 is 27.9. The van der Waals surface area contributed by atoms with Gasteiger partial charge in [-0.25, -0.2) is 8.42 Å². The van der Waals surface area contributed by atoms with Gasteiger partial charge in [-0.2, -0.15) is 0 Å². The van der Waals surface area contributed by atoms with Gasteiger partial charge in [-0.3, -0.25) is 33.6 Å². The normalized spacial score (nSPS) is 32.3. The topological polar surface area (TPSA) is 174 Å². The first-order valence-corrected chi connectivity index (χ1v) is 21.9. The molecule has 2 saturated heterocycles. The van der Waals surface area contributed by atoms with Crippen molar-refractivity contribution < 1.29 is 32.4 Å². The first-order chi connectivity index (χ1) is 24.8. The average molecular weight is 775 g/mol. The van der Waals surface area contributed by atoms with Gasteiger partial charge in [0.2, 0.25) is 33.7 Å². The highest BCUT2D eigenvalue weighted by Crippen LogP contribution is 2.88. The van der Waals surface area contributed by atoms with E-state index in [0.717, 1.165) is 25.8 Å². The number of nitrogens with zero attached hydrogens (tertiary/aromatic N) is 2. The first kappa shape index (κ1) is 40.9. The molecule has 6 fully saturated rings. The maximum Gasteiger partial charge on any atom is 0.259 e. The minimum atomic E-state index is -3.83. The van der Waals surface area contributed by atoms with Crippen LogP contribution in [0.1, 0.15) is 134 Å². The van der Waals surface area contributed by atoms with Gasteiger partial charge in [0.05, 0.1) is 11.3 Å². The van der Waals surface area contributed by atoms with E-state index < -0.39 is 67.5 Å². The summed E-state index contributed by atoms with van der Waals surface area (Å²) >= 11 is 0. The maximum absolute atomic E-state index is 15.0. The monoisotopic (exact) mass is 774 g/mol. The second-order valence-corrected chi connectivity index (χ2v) is 22.5. The van der Waals surface area contributed by atoms with Gasteiger partial charge in [-0.1, -0.05) is 75.2 Å². The van der Waals surface area contributed by atoms with E-state index in [9.17, 15) is 27.6 Å². The molecule has 0 aromatic rings. The van der Waals surface area contributed by atoms with Crippen molar-refractivity contribution in [2.24, 2.45) is 33.0 Å². The number of fused-ring (bicyclic) bond motifs is 1. The van der Waals surface area contributed by atoms with E-state index in [1.807, 2.05) is 62.3 Å². The van der Waals surface area contributed by atoms with Gasteiger partial charge >= 0.3 is 0 Å². The predicted molar refractivity (Wildman–Crippen MR) is 205 cm³/mol. The highest BCUT2D eigenvalue weighted by Gasteiger charge is 2.85. The van der Waals surface area contributed by atoms with E-state index in [2.05, 4.69) is 39.4 Å². The van der Waals surface area contributed by atoms with Crippen molar-refractivity contribution in [1.29, 1.82) is 0 Å². The van der Waals surface area contributed by atoms with Crippen molar-refractivity contribution in [2.75, 3.05) is 13.1 Å². The summed E-state index contributed by atoms with van der Waals surface area (Å²) in [5.41, 5.74) is -3.25. The molecule has 0 unspecified atom stereocenters. The van der Waals surface area contributed by atoms with Crippen molar-refractivity contribution in [2.45, 2.75) is 175 Å². The number of sulfonamides is 1. The molecule has 0 aromatic heterocycles. The minimum absolute atomic E-state index is 0.0000177. The molecule has 2 spiro atoms. The Balaban J connectivity index is 1.27. The van der Waals surface area contributed by atoms with Crippen LogP contribution in [0.2, 0.25) is 0 Å². The molecule has 6 rings (SSSR count). The fourth-order valence-electron chi connectivity index (χ4n) is 10.6. The zero-order valence-electron chi connectivity index (χ0n) is 34.5. The van der Waals surface area contributed by atoms with E-state index >= 15 is 4.79 Å². The van der Waals surface area contributed by atoms with Crippen LogP contribution in [0.3, 0.4) is 0 Å². The molecule has 14 heteroatoms. The van der Waals surface area contributed by atoms with Crippen molar-refractivity contribution in [1.82, 2.24) is 30.5 Å². The lowest BCUT2D eigenvalue weighted by Gasteiger charge is -2.44. The molecule has 4 N–H and O–H groups in total. The van der Waals surface area contributed by atoms with Crippen LogP contribution in [-0.2, 0) is 34.0 Å². The van der Waals surface area contributed by atoms with Gasteiger partial charge in [-0.05, 0) is 86.4 Å². The lowest BCUT2D eigenvalue weighted by Crippen LogP contribution is -2.65. The van der Waals surface area contributed by atoms with Crippen LogP contribution in [0.5, 0.6) is 0 Å². The van der Waals surface area contributed by atoms with E-state index in [1.165, 1.54) is 0 Å². The summed E-state index contributed by atoms with van der Waals surface area (Å²) in [4.78, 5) is 74.8. The number of hydrogen-bond acceptors (Lipinski definition) is 8. The fourth-order valence-corrected chi connectivity index (χ4v) is 12.0. The Bertz CT molecular complexity index is 1690. The molecule has 0 aromatic carbocycles. The van der Waals surface area contributed by atoms with Crippen LogP contribution in [0.15, 0.2) is 0 Å².